The molecule has 2 aromatic rings. The minimum atomic E-state index is -4.80. The van der Waals surface area contributed by atoms with E-state index in [1.54, 1.807) is 6.07 Å². The molecule has 42 heavy (non-hydrogen) atoms. The van der Waals surface area contributed by atoms with Crippen molar-refractivity contribution in [3.05, 3.63) is 41.8 Å². The third-order valence-electron chi connectivity index (χ3n) is 10.2. The van der Waals surface area contributed by atoms with Crippen LogP contribution in [0, 0.1) is 34.9 Å². The summed E-state index contributed by atoms with van der Waals surface area (Å²) in [5.74, 6) is 1.94. The number of alkyl halides is 3. The second-order valence-corrected chi connectivity index (χ2v) is 13.6. The van der Waals surface area contributed by atoms with Crippen LogP contribution in [0.25, 0.3) is 0 Å². The monoisotopic (exact) mass is 591 g/mol. The van der Waals surface area contributed by atoms with Crippen molar-refractivity contribution in [2.45, 2.75) is 89.3 Å². The highest BCUT2D eigenvalue weighted by Gasteiger charge is 2.55. The molecule has 0 aliphatic heterocycles. The van der Waals surface area contributed by atoms with Gasteiger partial charge in [-0.25, -0.2) is 9.37 Å². The Kier molecular flexibility index (Phi) is 8.02. The van der Waals surface area contributed by atoms with Crippen molar-refractivity contribution in [3.63, 3.8) is 0 Å². The van der Waals surface area contributed by atoms with Gasteiger partial charge in [-0.05, 0) is 106 Å². The fraction of sp³-hybridized carbons (Fsp3) is 0.677. The second-order valence-electron chi connectivity index (χ2n) is 13.6. The number of anilines is 2. The first-order chi connectivity index (χ1) is 20.0. The Labute approximate surface area is 244 Å². The molecule has 1 heterocycles. The average Bonchev–Trinajstić information content (AvgIpc) is 2.92. The van der Waals surface area contributed by atoms with Crippen molar-refractivity contribution in [1.29, 1.82) is 0 Å². The highest BCUT2D eigenvalue weighted by molar-refractivity contribution is 5.43. The third kappa shape index (κ3) is 6.77. The highest BCUT2D eigenvalue weighted by Crippen LogP contribution is 2.60. The molecule has 0 radical (unpaired) electrons. The van der Waals surface area contributed by atoms with E-state index < -0.39 is 17.8 Å². The molecule has 7 nitrogen and oxygen atoms in total. The van der Waals surface area contributed by atoms with Gasteiger partial charge < -0.3 is 25.8 Å². The molecule has 5 fully saturated rings. The number of ether oxygens (including phenoxy) is 1. The summed E-state index contributed by atoms with van der Waals surface area (Å²) >= 11 is 0. The standard InChI is InChI=1S/C31H41F4N5O2/c1-29(41)8-6-19(7-9-29)15-36-26-22-10-20-11-23(26)14-30(12-20,13-22)18-39-27-24(32)17-38-28(40-27)37-16-21-4-2-3-5-25(21)42-31(33,34)35/h2-5,17,19-20,22-23,26,36,41H,6-16,18H2,1H3,(H2,37,38,39,40)/t19-,20?,22-,23+,26-,29-,30-. The molecule has 1 unspecified atom stereocenters. The zero-order chi connectivity index (χ0) is 29.5. The fourth-order valence-corrected chi connectivity index (χ4v) is 8.44. The molecule has 5 aliphatic carbocycles. The SMILES string of the molecule is C[C@]1(O)CC[C@H](CN[C@@H]2[C@@H]3CC4C[C@H]2C[C@@](CNc2nc(NCc5ccccc5OC(F)(F)F)ncc2F)(C4)C3)CC1. The first-order valence-corrected chi connectivity index (χ1v) is 15.3. The summed E-state index contributed by atoms with van der Waals surface area (Å²) in [5.41, 5.74) is -0.114. The Morgan fingerprint density at radius 1 is 1.05 bits per heavy atom. The van der Waals surface area contributed by atoms with E-state index in [4.69, 9.17) is 0 Å². The van der Waals surface area contributed by atoms with E-state index >= 15 is 0 Å². The summed E-state index contributed by atoms with van der Waals surface area (Å²) in [6.45, 7) is 3.60. The summed E-state index contributed by atoms with van der Waals surface area (Å²) in [4.78, 5) is 8.30. The summed E-state index contributed by atoms with van der Waals surface area (Å²) < 4.78 is 57.2. The van der Waals surface area contributed by atoms with Crippen LogP contribution in [-0.4, -0.2) is 46.2 Å². The number of nitrogens with one attached hydrogen (secondary N) is 3. The van der Waals surface area contributed by atoms with E-state index in [0.29, 0.717) is 36.3 Å². The van der Waals surface area contributed by atoms with Crippen LogP contribution in [0.2, 0.25) is 0 Å². The van der Waals surface area contributed by atoms with Crippen molar-refractivity contribution < 1.29 is 27.4 Å². The maximum atomic E-state index is 14.7. The number of aliphatic hydroxyl groups is 1. The lowest BCUT2D eigenvalue weighted by Crippen LogP contribution is -2.60. The number of halogens is 4. The lowest BCUT2D eigenvalue weighted by atomic mass is 9.48. The Morgan fingerprint density at radius 3 is 2.48 bits per heavy atom. The highest BCUT2D eigenvalue weighted by atomic mass is 19.4. The lowest BCUT2D eigenvalue weighted by molar-refractivity contribution is -0.274. The van der Waals surface area contributed by atoms with E-state index in [1.165, 1.54) is 31.0 Å². The molecule has 1 aromatic heterocycles. The molecule has 0 saturated heterocycles. The van der Waals surface area contributed by atoms with Gasteiger partial charge in [0.15, 0.2) is 11.6 Å². The molecule has 4 bridgehead atoms. The topological polar surface area (TPSA) is 91.3 Å². The molecule has 11 heteroatoms. The molecule has 5 aliphatic rings. The molecular weight excluding hydrogens is 550 g/mol. The van der Waals surface area contributed by atoms with Crippen molar-refractivity contribution in [1.82, 2.24) is 15.3 Å². The van der Waals surface area contributed by atoms with E-state index in [0.717, 1.165) is 57.7 Å². The normalized spacial score (nSPS) is 33.9. The average molecular weight is 592 g/mol. The van der Waals surface area contributed by atoms with Crippen LogP contribution >= 0.6 is 0 Å². The first-order valence-electron chi connectivity index (χ1n) is 15.3. The van der Waals surface area contributed by atoms with Gasteiger partial charge in [0.05, 0.1) is 11.8 Å². The summed E-state index contributed by atoms with van der Waals surface area (Å²) in [5, 5.41) is 20.4. The van der Waals surface area contributed by atoms with Gasteiger partial charge in [0, 0.05) is 24.7 Å². The van der Waals surface area contributed by atoms with Gasteiger partial charge in [-0.1, -0.05) is 18.2 Å². The molecule has 5 atom stereocenters. The van der Waals surface area contributed by atoms with Crippen LogP contribution in [0.3, 0.4) is 0 Å². The van der Waals surface area contributed by atoms with Crippen LogP contribution in [0.4, 0.5) is 29.3 Å². The Morgan fingerprint density at radius 2 is 1.76 bits per heavy atom. The number of benzene rings is 1. The van der Waals surface area contributed by atoms with Crippen LogP contribution in [0.5, 0.6) is 5.75 Å². The summed E-state index contributed by atoms with van der Waals surface area (Å²) in [6, 6.07) is 6.38. The van der Waals surface area contributed by atoms with Crippen molar-refractivity contribution in [2.24, 2.45) is 29.1 Å². The Hall–Kier alpha value is -2.66. The molecule has 5 saturated carbocycles. The van der Waals surface area contributed by atoms with E-state index in [2.05, 4.69) is 30.7 Å². The first kappa shape index (κ1) is 29.4. The third-order valence-corrected chi connectivity index (χ3v) is 10.2. The molecule has 4 N–H and O–H groups in total. The summed E-state index contributed by atoms with van der Waals surface area (Å²) in [6.07, 6.45) is 6.07. The largest absolute Gasteiger partial charge is 0.573 e. The molecule has 230 valence electrons. The van der Waals surface area contributed by atoms with Gasteiger partial charge in [0.25, 0.3) is 0 Å². The van der Waals surface area contributed by atoms with Gasteiger partial charge >= 0.3 is 6.36 Å². The smallest absolute Gasteiger partial charge is 0.405 e. The maximum Gasteiger partial charge on any atom is 0.573 e. The Balaban J connectivity index is 1.05. The van der Waals surface area contributed by atoms with Gasteiger partial charge in [-0.3, -0.25) is 0 Å². The quantitative estimate of drug-likeness (QED) is 0.242. The predicted octanol–water partition coefficient (Wildman–Crippen LogP) is 6.26. The van der Waals surface area contributed by atoms with Gasteiger partial charge in [0.2, 0.25) is 5.95 Å². The van der Waals surface area contributed by atoms with Crippen molar-refractivity contribution in [2.75, 3.05) is 23.7 Å². The number of hydrogen-bond acceptors (Lipinski definition) is 7. The van der Waals surface area contributed by atoms with E-state index in [1.807, 2.05) is 6.92 Å². The number of rotatable bonds is 10. The number of hydrogen-bond donors (Lipinski definition) is 4. The molecular formula is C31H41F4N5O2. The van der Waals surface area contributed by atoms with Crippen LogP contribution in [-0.2, 0) is 6.54 Å². The Bertz CT molecular complexity index is 1230. The minimum Gasteiger partial charge on any atom is -0.405 e. The van der Waals surface area contributed by atoms with Crippen molar-refractivity contribution in [3.8, 4) is 5.75 Å². The second kappa shape index (κ2) is 11.4. The molecule has 7 rings (SSSR count). The van der Waals surface area contributed by atoms with Crippen LogP contribution in [0.1, 0.15) is 70.3 Å². The fourth-order valence-electron chi connectivity index (χ4n) is 8.44. The molecule has 1 aromatic carbocycles. The maximum absolute atomic E-state index is 14.7. The van der Waals surface area contributed by atoms with Gasteiger partial charge in [-0.2, -0.15) is 4.98 Å². The number of nitrogens with zero attached hydrogens (tertiary/aromatic N) is 2. The number of para-hydroxylation sites is 1. The molecule has 0 spiro atoms. The van der Waals surface area contributed by atoms with E-state index in [9.17, 15) is 22.7 Å². The van der Waals surface area contributed by atoms with Gasteiger partial charge in [0.1, 0.15) is 5.75 Å². The van der Waals surface area contributed by atoms with Gasteiger partial charge in [-0.15, -0.1) is 13.2 Å². The minimum absolute atomic E-state index is 0.0130. The van der Waals surface area contributed by atoms with Crippen LogP contribution < -0.4 is 20.7 Å². The number of aromatic nitrogens is 2. The van der Waals surface area contributed by atoms with E-state index in [-0.39, 0.29) is 35.0 Å². The summed E-state index contributed by atoms with van der Waals surface area (Å²) in [7, 11) is 0. The predicted molar refractivity (Wildman–Crippen MR) is 151 cm³/mol. The van der Waals surface area contributed by atoms with Crippen molar-refractivity contribution >= 4 is 11.8 Å². The lowest BCUT2D eigenvalue weighted by Gasteiger charge is -2.60. The van der Waals surface area contributed by atoms with Crippen LogP contribution in [0.15, 0.2) is 30.5 Å². The zero-order valence-corrected chi connectivity index (χ0v) is 24.0. The zero-order valence-electron chi connectivity index (χ0n) is 24.0. The molecule has 0 amide bonds.